The number of nitrogens with zero attached hydrogens (tertiary/aromatic N) is 2. The van der Waals surface area contributed by atoms with Gasteiger partial charge in [0.1, 0.15) is 41.2 Å². The second-order valence-corrected chi connectivity index (χ2v) is 16.6. The molecule has 1 unspecified atom stereocenters. The van der Waals surface area contributed by atoms with Crippen molar-refractivity contribution < 1.29 is 67.3 Å². The molecule has 0 aromatic heterocycles. The summed E-state index contributed by atoms with van der Waals surface area (Å²) in [5.41, 5.74) is -2.09. The summed E-state index contributed by atoms with van der Waals surface area (Å²) >= 11 is 0. The summed E-state index contributed by atoms with van der Waals surface area (Å²) in [5.74, 6) is -2.50. The third kappa shape index (κ3) is 7.24. The van der Waals surface area contributed by atoms with Gasteiger partial charge in [-0.15, -0.1) is 0 Å². The lowest BCUT2D eigenvalue weighted by Gasteiger charge is -2.43. The Kier molecular flexibility index (Phi) is 11.0. The van der Waals surface area contributed by atoms with E-state index in [2.05, 4.69) is 10.2 Å². The van der Waals surface area contributed by atoms with Gasteiger partial charge >= 0.3 is 0 Å². The lowest BCUT2D eigenvalue weighted by atomic mass is 9.72. The number of ether oxygens (including phenoxy) is 7. The van der Waals surface area contributed by atoms with Gasteiger partial charge in [-0.05, 0) is 37.3 Å². The molecule has 4 N–H and O–H groups in total. The van der Waals surface area contributed by atoms with E-state index >= 15 is 0 Å². The Balaban J connectivity index is 1.10. The number of carbonyl (C=O) groups is 3. The minimum Gasteiger partial charge on any atom is -0.507 e. The van der Waals surface area contributed by atoms with Crippen LogP contribution in [-0.4, -0.2) is 147 Å². The van der Waals surface area contributed by atoms with E-state index in [1.54, 1.807) is 20.3 Å². The minimum atomic E-state index is -2.17. The first kappa shape index (κ1) is 41.1. The van der Waals surface area contributed by atoms with Crippen molar-refractivity contribution in [3.05, 3.63) is 81.4 Å². The van der Waals surface area contributed by atoms with Gasteiger partial charge in [0.15, 0.2) is 24.6 Å². The van der Waals surface area contributed by atoms with Gasteiger partial charge in [0, 0.05) is 61.2 Å². The Morgan fingerprint density at radius 3 is 2.44 bits per heavy atom. The third-order valence-electron chi connectivity index (χ3n) is 12.4. The molecule has 2 aliphatic carbocycles. The van der Waals surface area contributed by atoms with E-state index in [4.69, 9.17) is 33.2 Å². The molecule has 3 aromatic carbocycles. The van der Waals surface area contributed by atoms with Crippen LogP contribution in [-0.2, 0) is 41.4 Å². The number of amides is 1. The molecule has 3 heterocycles. The highest BCUT2D eigenvalue weighted by Crippen LogP contribution is 2.53. The molecule has 0 bridgehead atoms. The molecule has 3 aliphatic heterocycles. The Labute approximate surface area is 342 Å². The van der Waals surface area contributed by atoms with E-state index in [1.807, 2.05) is 45.3 Å². The molecule has 0 spiro atoms. The van der Waals surface area contributed by atoms with Gasteiger partial charge in [0.25, 0.3) is 5.91 Å². The van der Waals surface area contributed by atoms with Crippen molar-refractivity contribution in [1.29, 1.82) is 0 Å². The molecule has 3 saturated heterocycles. The number of hydrogen-bond donors (Lipinski definition) is 4. The molecule has 59 heavy (non-hydrogen) atoms. The fraction of sp³-hybridized carbons (Fsp3) is 0.512. The molecule has 1 amide bonds. The van der Waals surface area contributed by atoms with Crippen LogP contribution in [0.1, 0.15) is 74.4 Å². The fourth-order valence-electron chi connectivity index (χ4n) is 9.44. The molecule has 8 atom stereocenters. The van der Waals surface area contributed by atoms with E-state index in [9.17, 15) is 29.7 Å². The summed E-state index contributed by atoms with van der Waals surface area (Å²) in [6, 6.07) is 12.1. The van der Waals surface area contributed by atoms with E-state index < -0.39 is 83.1 Å². The molecule has 0 saturated carbocycles. The number of fused-ring (bicyclic) bond motifs is 6. The number of carbonyl (C=O) groups excluding carboxylic acids is 3. The van der Waals surface area contributed by atoms with Crippen LogP contribution in [0.4, 0.5) is 0 Å². The Morgan fingerprint density at radius 2 is 1.73 bits per heavy atom. The second-order valence-electron chi connectivity index (χ2n) is 16.6. The standard InChI is InChI=1S/C43H51N3O13/c1-22-39-27(45-15-17-56-41(55-6)40(45)59-39)18-30(57-22)58-29-20-43(52,42(51)44-14-16-46(2,3)21-23-10-12-24(53-4)13-11-23)19-26-32(29)38(50)34-33(36(26)48)35(47)25-8-7-9-28(54-5)31(25)37(34)49/h7-13,22,27,29-30,39-41,52H,14-21H2,1-6H3,(H2-,44,47,48,49,50,51)/p+1/t22-,27-,29-,30-,39+,40?,41-,43-/m0/s1. The first-order valence-electron chi connectivity index (χ1n) is 19.9. The molecular weight excluding hydrogens is 766 g/mol. The van der Waals surface area contributed by atoms with E-state index in [0.29, 0.717) is 37.1 Å². The summed E-state index contributed by atoms with van der Waals surface area (Å²) in [7, 11) is 8.59. The molecule has 8 rings (SSSR count). The van der Waals surface area contributed by atoms with Crippen LogP contribution in [0.2, 0.25) is 0 Å². The van der Waals surface area contributed by atoms with E-state index in [-0.39, 0.29) is 53.1 Å². The van der Waals surface area contributed by atoms with Gasteiger partial charge in [-0.3, -0.25) is 19.3 Å². The van der Waals surface area contributed by atoms with Crippen molar-refractivity contribution >= 4 is 17.5 Å². The van der Waals surface area contributed by atoms with Crippen LogP contribution >= 0.6 is 0 Å². The molecular formula is C43H52N3O13+. The SMILES string of the molecule is COc1ccc(C[N+](C)(C)CCNC(=O)[C@]2(O)Cc3c(O)c4c(c(O)c3[C@@H](O[C@H]3C[C@H]5[C@H](OC6[C@@H](OC)OCCN65)[C@H](C)O3)C2)C(=O)c2c(OC)cccc2C4=O)cc1. The van der Waals surface area contributed by atoms with Crippen LogP contribution in [0, 0.1) is 0 Å². The summed E-state index contributed by atoms with van der Waals surface area (Å²) in [5, 5.41) is 39.3. The molecule has 16 heteroatoms. The van der Waals surface area contributed by atoms with Gasteiger partial charge in [-0.25, -0.2) is 0 Å². The predicted octanol–water partition coefficient (Wildman–Crippen LogP) is 2.55. The highest BCUT2D eigenvalue weighted by atomic mass is 16.7. The minimum absolute atomic E-state index is 0.0136. The summed E-state index contributed by atoms with van der Waals surface area (Å²) in [6.07, 6.45) is -4.63. The van der Waals surface area contributed by atoms with Crippen molar-refractivity contribution in [2.24, 2.45) is 0 Å². The number of benzene rings is 3. The monoisotopic (exact) mass is 818 g/mol. The van der Waals surface area contributed by atoms with Gasteiger partial charge in [-0.2, -0.15) is 0 Å². The van der Waals surface area contributed by atoms with Gasteiger partial charge in [0.2, 0.25) is 5.78 Å². The zero-order valence-corrected chi connectivity index (χ0v) is 34.1. The van der Waals surface area contributed by atoms with Gasteiger partial charge in [-0.1, -0.05) is 12.1 Å². The number of nitrogens with one attached hydrogen (secondary N) is 1. The average molecular weight is 819 g/mol. The number of quaternary nitrogens is 1. The molecule has 0 radical (unpaired) electrons. The van der Waals surface area contributed by atoms with E-state index in [1.165, 1.54) is 19.2 Å². The Bertz CT molecular complexity index is 2140. The molecule has 316 valence electrons. The molecule has 3 aromatic rings. The first-order chi connectivity index (χ1) is 28.2. The van der Waals surface area contributed by atoms with Crippen molar-refractivity contribution in [3.63, 3.8) is 0 Å². The van der Waals surface area contributed by atoms with Gasteiger partial charge < -0.3 is 58.3 Å². The number of ketones is 2. The van der Waals surface area contributed by atoms with Crippen LogP contribution < -0.4 is 14.8 Å². The lowest BCUT2D eigenvalue weighted by molar-refractivity contribution is -0.902. The predicted molar refractivity (Wildman–Crippen MR) is 208 cm³/mol. The highest BCUT2D eigenvalue weighted by molar-refractivity contribution is 6.31. The highest BCUT2D eigenvalue weighted by Gasteiger charge is 2.55. The quantitative estimate of drug-likeness (QED) is 0.128. The lowest BCUT2D eigenvalue weighted by Crippen LogP contribution is -2.56. The maximum atomic E-state index is 14.2. The molecule has 5 aliphatic rings. The third-order valence-corrected chi connectivity index (χ3v) is 12.4. The number of phenols is 2. The van der Waals surface area contributed by atoms with Crippen LogP contribution in [0.25, 0.3) is 0 Å². The molecule has 3 fully saturated rings. The number of likely N-dealkylation sites (N-methyl/N-ethyl adjacent to an activating group) is 1. The zero-order chi connectivity index (χ0) is 42.0. The van der Waals surface area contributed by atoms with Crippen LogP contribution in [0.5, 0.6) is 23.0 Å². The van der Waals surface area contributed by atoms with E-state index in [0.717, 1.165) is 11.3 Å². The normalized spacial score (nSPS) is 28.8. The summed E-state index contributed by atoms with van der Waals surface area (Å²) < 4.78 is 41.9. The van der Waals surface area contributed by atoms with Crippen molar-refractivity contribution in [2.75, 3.05) is 61.7 Å². The smallest absolute Gasteiger partial charge is 0.252 e. The number of aliphatic hydroxyl groups is 1. The molecule has 16 nitrogen and oxygen atoms in total. The number of rotatable bonds is 11. The maximum absolute atomic E-state index is 14.2. The topological polar surface area (TPSA) is 192 Å². The number of morpholine rings is 1. The Hall–Kier alpha value is -4.65. The summed E-state index contributed by atoms with van der Waals surface area (Å²) in [4.78, 5) is 44.5. The van der Waals surface area contributed by atoms with Crippen LogP contribution in [0.15, 0.2) is 42.5 Å². The maximum Gasteiger partial charge on any atom is 0.252 e. The second kappa shape index (κ2) is 15.7. The fourth-order valence-corrected chi connectivity index (χ4v) is 9.44. The van der Waals surface area contributed by atoms with Crippen molar-refractivity contribution in [3.8, 4) is 23.0 Å². The zero-order valence-electron chi connectivity index (χ0n) is 34.1. The average Bonchev–Trinajstić information content (AvgIpc) is 3.60. The largest absolute Gasteiger partial charge is 0.507 e. The Morgan fingerprint density at radius 1 is 0.983 bits per heavy atom. The van der Waals surface area contributed by atoms with Gasteiger partial charge in [0.05, 0.1) is 76.9 Å². The number of aromatic hydroxyl groups is 2. The summed E-state index contributed by atoms with van der Waals surface area (Å²) in [6.45, 7) is 4.24. The number of phenolic OH excluding ortho intramolecular Hbond substituents is 2. The number of hydrogen-bond acceptors (Lipinski definition) is 14. The van der Waals surface area contributed by atoms with Crippen molar-refractivity contribution in [1.82, 2.24) is 10.2 Å². The van der Waals surface area contributed by atoms with Crippen LogP contribution in [0.3, 0.4) is 0 Å². The first-order valence-corrected chi connectivity index (χ1v) is 19.9. The van der Waals surface area contributed by atoms with Crippen molar-refractivity contribution in [2.45, 2.75) is 81.5 Å². The number of methoxy groups -OCH3 is 3.